The summed E-state index contributed by atoms with van der Waals surface area (Å²) in [5.74, 6) is 0.167. The van der Waals surface area contributed by atoms with Crippen molar-refractivity contribution in [2.24, 2.45) is 0 Å². The lowest BCUT2D eigenvalue weighted by molar-refractivity contribution is -0.150. The molecule has 1 aromatic carbocycles. The van der Waals surface area contributed by atoms with Gasteiger partial charge in [-0.05, 0) is 17.7 Å². The molecule has 0 fully saturated rings. The predicted octanol–water partition coefficient (Wildman–Crippen LogP) is 0.587. The van der Waals surface area contributed by atoms with Crippen LogP contribution in [-0.4, -0.2) is 39.8 Å². The highest BCUT2D eigenvalue weighted by Gasteiger charge is 2.15. The predicted molar refractivity (Wildman–Crippen MR) is 65.4 cm³/mol. The van der Waals surface area contributed by atoms with Gasteiger partial charge in [-0.3, -0.25) is 4.79 Å². The summed E-state index contributed by atoms with van der Waals surface area (Å²) in [6.07, 6.45) is 0.908. The van der Waals surface area contributed by atoms with E-state index in [2.05, 4.69) is 4.28 Å². The van der Waals surface area contributed by atoms with Crippen LogP contribution in [0.1, 0.15) is 5.56 Å². The molecule has 0 saturated heterocycles. The summed E-state index contributed by atoms with van der Waals surface area (Å²) in [4.78, 5) is 11.7. The number of benzene rings is 1. The Labute approximate surface area is 106 Å². The molecule has 0 bridgehead atoms. The number of likely N-dealkylation sites (N-methyl/N-ethyl adjacent to an activating group) is 1. The monoisotopic (exact) mass is 273 g/mol. The van der Waals surface area contributed by atoms with Gasteiger partial charge in [-0.15, -0.1) is 4.28 Å². The molecule has 0 spiro atoms. The molecule has 1 aromatic rings. The summed E-state index contributed by atoms with van der Waals surface area (Å²) in [5.41, 5.74) is 0.711. The van der Waals surface area contributed by atoms with E-state index in [0.29, 0.717) is 16.4 Å². The fraction of sp³-hybridized carbons (Fsp3) is 0.364. The van der Waals surface area contributed by atoms with Crippen molar-refractivity contribution < 1.29 is 22.2 Å². The zero-order chi connectivity index (χ0) is 13.8. The van der Waals surface area contributed by atoms with Gasteiger partial charge in [-0.2, -0.15) is 8.42 Å². The van der Waals surface area contributed by atoms with Gasteiger partial charge in [0.2, 0.25) is 0 Å². The Morgan fingerprint density at radius 1 is 1.39 bits per heavy atom. The molecule has 6 nitrogen and oxygen atoms in total. The summed E-state index contributed by atoms with van der Waals surface area (Å²) >= 11 is 0. The van der Waals surface area contributed by atoms with Crippen LogP contribution >= 0.6 is 0 Å². The quantitative estimate of drug-likeness (QED) is 0.734. The molecule has 0 aromatic heterocycles. The van der Waals surface area contributed by atoms with E-state index < -0.39 is 16.0 Å². The number of carbonyl (C=O) groups excluding carboxylic acids is 1. The molecule has 0 aliphatic rings. The standard InChI is InChI=1S/C11H15NO5S/c1-12(17-18(3,14)15)11(13)8-9-5-4-6-10(7-9)16-2/h4-7H,8H2,1-3H3. The maximum atomic E-state index is 11.7. The second-order valence-corrected chi connectivity index (χ2v) is 5.26. The Balaban J connectivity index is 2.69. The molecular formula is C11H15NO5S. The summed E-state index contributed by atoms with van der Waals surface area (Å²) < 4.78 is 31.2. The molecule has 7 heteroatoms. The van der Waals surface area contributed by atoms with E-state index in [4.69, 9.17) is 4.74 Å². The Hall–Kier alpha value is -1.60. The molecule has 18 heavy (non-hydrogen) atoms. The van der Waals surface area contributed by atoms with Crippen molar-refractivity contribution in [1.82, 2.24) is 5.06 Å². The number of amides is 1. The number of nitrogens with zero attached hydrogens (tertiary/aromatic N) is 1. The maximum absolute atomic E-state index is 11.7. The number of methoxy groups -OCH3 is 1. The first-order valence-electron chi connectivity index (χ1n) is 5.11. The lowest BCUT2D eigenvalue weighted by atomic mass is 10.1. The molecular weight excluding hydrogens is 258 g/mol. The molecule has 100 valence electrons. The minimum Gasteiger partial charge on any atom is -0.497 e. The summed E-state index contributed by atoms with van der Waals surface area (Å²) in [5, 5.41) is 0.703. The zero-order valence-corrected chi connectivity index (χ0v) is 11.2. The van der Waals surface area contributed by atoms with Gasteiger partial charge in [0.15, 0.2) is 0 Å². The van der Waals surface area contributed by atoms with E-state index in [-0.39, 0.29) is 6.42 Å². The summed E-state index contributed by atoms with van der Waals surface area (Å²) in [6, 6.07) is 6.95. The summed E-state index contributed by atoms with van der Waals surface area (Å²) in [7, 11) is -0.912. The van der Waals surface area contributed by atoms with E-state index in [1.165, 1.54) is 14.2 Å². The van der Waals surface area contributed by atoms with Crippen LogP contribution in [0.5, 0.6) is 5.75 Å². The maximum Gasteiger partial charge on any atom is 0.285 e. The number of ether oxygens (including phenoxy) is 1. The number of hydrogen-bond donors (Lipinski definition) is 0. The lowest BCUT2D eigenvalue weighted by Gasteiger charge is -2.14. The zero-order valence-electron chi connectivity index (χ0n) is 10.4. The lowest BCUT2D eigenvalue weighted by Crippen LogP contribution is -2.30. The molecule has 1 amide bonds. The molecule has 0 saturated carbocycles. The van der Waals surface area contributed by atoms with Crippen molar-refractivity contribution in [3.63, 3.8) is 0 Å². The van der Waals surface area contributed by atoms with Gasteiger partial charge < -0.3 is 4.74 Å². The highest BCUT2D eigenvalue weighted by Crippen LogP contribution is 2.13. The molecule has 0 atom stereocenters. The van der Waals surface area contributed by atoms with Crippen molar-refractivity contribution in [1.29, 1.82) is 0 Å². The van der Waals surface area contributed by atoms with E-state index >= 15 is 0 Å². The van der Waals surface area contributed by atoms with Crippen molar-refractivity contribution in [3.8, 4) is 5.75 Å². The second kappa shape index (κ2) is 5.83. The Bertz CT molecular complexity index is 526. The average molecular weight is 273 g/mol. The van der Waals surface area contributed by atoms with Crippen LogP contribution in [-0.2, 0) is 25.6 Å². The first kappa shape index (κ1) is 14.5. The Morgan fingerprint density at radius 3 is 2.61 bits per heavy atom. The number of carbonyl (C=O) groups is 1. The van der Waals surface area contributed by atoms with E-state index in [9.17, 15) is 13.2 Å². The first-order valence-corrected chi connectivity index (χ1v) is 6.92. The van der Waals surface area contributed by atoms with E-state index in [1.807, 2.05) is 0 Å². The van der Waals surface area contributed by atoms with Gasteiger partial charge in [-0.25, -0.2) is 5.06 Å². The van der Waals surface area contributed by atoms with Crippen LogP contribution in [0.25, 0.3) is 0 Å². The van der Waals surface area contributed by atoms with Crippen molar-refractivity contribution in [2.75, 3.05) is 20.4 Å². The highest BCUT2D eigenvalue weighted by atomic mass is 32.2. The molecule has 0 aliphatic carbocycles. The molecule has 0 radical (unpaired) electrons. The fourth-order valence-corrected chi connectivity index (χ4v) is 1.80. The molecule has 0 N–H and O–H groups in total. The van der Waals surface area contributed by atoms with Crippen LogP contribution in [0.3, 0.4) is 0 Å². The van der Waals surface area contributed by atoms with Gasteiger partial charge >= 0.3 is 0 Å². The van der Waals surface area contributed by atoms with Gasteiger partial charge in [0.05, 0.1) is 19.8 Å². The topological polar surface area (TPSA) is 72.9 Å². The van der Waals surface area contributed by atoms with Gasteiger partial charge in [0.25, 0.3) is 16.0 Å². The Kier molecular flexibility index (Phi) is 4.69. The van der Waals surface area contributed by atoms with Gasteiger partial charge in [-0.1, -0.05) is 12.1 Å². The number of rotatable bonds is 5. The minimum absolute atomic E-state index is 0.0310. The second-order valence-electron chi connectivity index (χ2n) is 3.70. The van der Waals surface area contributed by atoms with E-state index in [1.54, 1.807) is 24.3 Å². The molecule has 0 heterocycles. The van der Waals surface area contributed by atoms with Crippen molar-refractivity contribution in [2.45, 2.75) is 6.42 Å². The van der Waals surface area contributed by atoms with Crippen molar-refractivity contribution >= 4 is 16.0 Å². The SMILES string of the molecule is COc1cccc(CC(=O)N(C)OS(C)(=O)=O)c1. The average Bonchev–Trinajstić information content (AvgIpc) is 2.27. The van der Waals surface area contributed by atoms with Crippen LogP contribution in [0.4, 0.5) is 0 Å². The largest absolute Gasteiger partial charge is 0.497 e. The van der Waals surface area contributed by atoms with Crippen LogP contribution < -0.4 is 4.74 Å². The summed E-state index contributed by atoms with van der Waals surface area (Å²) in [6.45, 7) is 0. The third-order valence-corrected chi connectivity index (χ3v) is 2.58. The molecule has 0 unspecified atom stereocenters. The van der Waals surface area contributed by atoms with Crippen LogP contribution in [0.15, 0.2) is 24.3 Å². The minimum atomic E-state index is -3.69. The molecule has 1 rings (SSSR count). The molecule has 0 aliphatic heterocycles. The number of hydrogen-bond acceptors (Lipinski definition) is 5. The van der Waals surface area contributed by atoms with E-state index in [0.717, 1.165) is 6.26 Å². The smallest absolute Gasteiger partial charge is 0.285 e. The fourth-order valence-electron chi connectivity index (χ4n) is 1.31. The third kappa shape index (κ3) is 4.72. The van der Waals surface area contributed by atoms with Gasteiger partial charge in [0.1, 0.15) is 5.75 Å². The van der Waals surface area contributed by atoms with Gasteiger partial charge in [0, 0.05) is 7.05 Å². The van der Waals surface area contributed by atoms with Crippen molar-refractivity contribution in [3.05, 3.63) is 29.8 Å². The number of hydroxylamine groups is 2. The normalized spacial score (nSPS) is 11.1. The Morgan fingerprint density at radius 2 is 2.06 bits per heavy atom. The first-order chi connectivity index (χ1) is 8.31. The highest BCUT2D eigenvalue weighted by molar-refractivity contribution is 7.85. The third-order valence-electron chi connectivity index (χ3n) is 2.09. The van der Waals surface area contributed by atoms with Crippen LogP contribution in [0.2, 0.25) is 0 Å². The van der Waals surface area contributed by atoms with Crippen LogP contribution in [0, 0.1) is 0 Å².